The summed E-state index contributed by atoms with van der Waals surface area (Å²) in [6.45, 7) is 9.38. The van der Waals surface area contributed by atoms with Crippen LogP contribution in [0.25, 0.3) is 0 Å². The van der Waals surface area contributed by atoms with Crippen LogP contribution in [-0.2, 0) is 11.3 Å². The van der Waals surface area contributed by atoms with Gasteiger partial charge in [-0.3, -0.25) is 9.89 Å². The van der Waals surface area contributed by atoms with Crippen LogP contribution in [0.3, 0.4) is 0 Å². The van der Waals surface area contributed by atoms with Crippen LogP contribution >= 0.6 is 24.0 Å². The molecule has 0 atom stereocenters. The third kappa shape index (κ3) is 8.82. The van der Waals surface area contributed by atoms with Crippen molar-refractivity contribution in [3.05, 3.63) is 17.7 Å². The summed E-state index contributed by atoms with van der Waals surface area (Å²) in [6, 6.07) is 4.05. The lowest BCUT2D eigenvalue weighted by Gasteiger charge is -2.36. The van der Waals surface area contributed by atoms with Crippen molar-refractivity contribution < 1.29 is 18.9 Å². The van der Waals surface area contributed by atoms with Crippen LogP contribution in [0.1, 0.15) is 31.7 Å². The molecule has 0 aliphatic carbocycles. The molecule has 0 saturated carbocycles. The first-order chi connectivity index (χ1) is 15.2. The number of aliphatic imine (C=N–C) groups is 1. The number of benzene rings is 1. The Morgan fingerprint density at radius 2 is 1.59 bits per heavy atom. The molecule has 32 heavy (non-hydrogen) atoms. The lowest BCUT2D eigenvalue weighted by Crippen LogP contribution is -2.52. The van der Waals surface area contributed by atoms with Crippen LogP contribution in [0.2, 0.25) is 0 Å². The van der Waals surface area contributed by atoms with Crippen molar-refractivity contribution in [2.75, 3.05) is 74.3 Å². The highest BCUT2D eigenvalue weighted by atomic mass is 127. The summed E-state index contributed by atoms with van der Waals surface area (Å²) in [7, 11) is 6.77. The van der Waals surface area contributed by atoms with E-state index in [1.54, 1.807) is 21.3 Å². The molecular formula is C23H41IN4O4. The molecule has 0 aromatic heterocycles. The number of unbranched alkanes of at least 4 members (excludes halogenated alkanes) is 1. The number of nitrogens with zero attached hydrogens (tertiary/aromatic N) is 3. The number of ether oxygens (including phenoxy) is 4. The number of methoxy groups -OCH3 is 3. The molecule has 0 bridgehead atoms. The molecule has 1 saturated heterocycles. The van der Waals surface area contributed by atoms with Crippen LogP contribution in [-0.4, -0.2) is 90.1 Å². The molecule has 1 aliphatic rings. The molecule has 9 heteroatoms. The van der Waals surface area contributed by atoms with Gasteiger partial charge in [0.2, 0.25) is 5.75 Å². The van der Waals surface area contributed by atoms with Gasteiger partial charge in [-0.15, -0.1) is 24.0 Å². The van der Waals surface area contributed by atoms with Gasteiger partial charge >= 0.3 is 0 Å². The van der Waals surface area contributed by atoms with E-state index in [1.165, 1.54) is 6.42 Å². The number of rotatable bonds is 12. The number of halogens is 1. The van der Waals surface area contributed by atoms with E-state index in [9.17, 15) is 0 Å². The van der Waals surface area contributed by atoms with Gasteiger partial charge in [0, 0.05) is 59.5 Å². The molecule has 0 radical (unpaired) electrons. The highest BCUT2D eigenvalue weighted by Crippen LogP contribution is 2.38. The summed E-state index contributed by atoms with van der Waals surface area (Å²) in [5, 5.41) is 3.47. The second-order valence-corrected chi connectivity index (χ2v) is 7.59. The maximum absolute atomic E-state index is 5.63. The van der Waals surface area contributed by atoms with Crippen molar-refractivity contribution in [1.29, 1.82) is 0 Å². The maximum Gasteiger partial charge on any atom is 0.203 e. The monoisotopic (exact) mass is 564 g/mol. The Morgan fingerprint density at radius 3 is 2.12 bits per heavy atom. The van der Waals surface area contributed by atoms with Gasteiger partial charge in [0.15, 0.2) is 17.5 Å². The highest BCUT2D eigenvalue weighted by molar-refractivity contribution is 14.0. The molecule has 1 aromatic rings. The maximum atomic E-state index is 5.63. The predicted octanol–water partition coefficient (Wildman–Crippen LogP) is 3.23. The second-order valence-electron chi connectivity index (χ2n) is 7.59. The molecular weight excluding hydrogens is 523 g/mol. The zero-order chi connectivity index (χ0) is 22.5. The Bertz CT molecular complexity index is 657. The second kappa shape index (κ2) is 16.2. The SMILES string of the molecule is CCCCOCCCNC(=NC)N1CCN(Cc2cc(OC)c(OC)c(OC)c2)CC1.I. The average molecular weight is 565 g/mol. The third-order valence-electron chi connectivity index (χ3n) is 5.41. The summed E-state index contributed by atoms with van der Waals surface area (Å²) in [4.78, 5) is 9.22. The molecule has 1 fully saturated rings. The zero-order valence-electron chi connectivity index (χ0n) is 20.3. The van der Waals surface area contributed by atoms with E-state index in [2.05, 4.69) is 27.0 Å². The van der Waals surface area contributed by atoms with Crippen molar-refractivity contribution in [3.63, 3.8) is 0 Å². The lowest BCUT2D eigenvalue weighted by atomic mass is 10.1. The Morgan fingerprint density at radius 1 is 0.969 bits per heavy atom. The standard InChI is InChI=1S/C23H40N4O4.HI/c1-6-7-14-31-15-8-9-25-23(24-2)27-12-10-26(11-13-27)18-19-16-20(28-3)22(30-5)21(17-19)29-4;/h16-17H,6-15,18H2,1-5H3,(H,24,25);1H. The first-order valence-corrected chi connectivity index (χ1v) is 11.2. The highest BCUT2D eigenvalue weighted by Gasteiger charge is 2.21. The number of hydrogen-bond acceptors (Lipinski definition) is 6. The molecule has 2 rings (SSSR count). The van der Waals surface area contributed by atoms with Gasteiger partial charge in [0.1, 0.15) is 0 Å². The van der Waals surface area contributed by atoms with Gasteiger partial charge in [-0.25, -0.2) is 0 Å². The molecule has 0 spiro atoms. The van der Waals surface area contributed by atoms with E-state index in [0.29, 0.717) is 17.2 Å². The van der Waals surface area contributed by atoms with Crippen LogP contribution in [0.4, 0.5) is 0 Å². The van der Waals surface area contributed by atoms with E-state index >= 15 is 0 Å². The molecule has 1 aliphatic heterocycles. The number of hydrogen-bond donors (Lipinski definition) is 1. The molecule has 1 aromatic carbocycles. The zero-order valence-corrected chi connectivity index (χ0v) is 22.6. The lowest BCUT2D eigenvalue weighted by molar-refractivity contribution is 0.129. The molecule has 184 valence electrons. The van der Waals surface area contributed by atoms with Crippen molar-refractivity contribution >= 4 is 29.9 Å². The fourth-order valence-electron chi connectivity index (χ4n) is 3.66. The first-order valence-electron chi connectivity index (χ1n) is 11.2. The van der Waals surface area contributed by atoms with Crippen molar-refractivity contribution in [2.45, 2.75) is 32.7 Å². The van der Waals surface area contributed by atoms with Crippen LogP contribution in [0.15, 0.2) is 17.1 Å². The van der Waals surface area contributed by atoms with Crippen LogP contribution < -0.4 is 19.5 Å². The van der Waals surface area contributed by atoms with Crippen molar-refractivity contribution in [3.8, 4) is 17.2 Å². The van der Waals surface area contributed by atoms with Crippen LogP contribution in [0.5, 0.6) is 17.2 Å². The van der Waals surface area contributed by atoms with Gasteiger partial charge in [-0.1, -0.05) is 13.3 Å². The van der Waals surface area contributed by atoms with Crippen molar-refractivity contribution in [2.24, 2.45) is 4.99 Å². The van der Waals surface area contributed by atoms with Gasteiger partial charge in [-0.2, -0.15) is 0 Å². The molecule has 1 N–H and O–H groups in total. The summed E-state index contributed by atoms with van der Waals surface area (Å²) in [5.74, 6) is 2.99. The van der Waals surface area contributed by atoms with E-state index in [0.717, 1.165) is 76.8 Å². The minimum atomic E-state index is 0. The fraction of sp³-hybridized carbons (Fsp3) is 0.696. The summed E-state index contributed by atoms with van der Waals surface area (Å²) in [6.07, 6.45) is 3.30. The van der Waals surface area contributed by atoms with E-state index in [1.807, 2.05) is 19.2 Å². The Hall–Kier alpha value is -1.46. The summed E-state index contributed by atoms with van der Waals surface area (Å²) >= 11 is 0. The van der Waals surface area contributed by atoms with Gasteiger partial charge < -0.3 is 29.2 Å². The molecule has 1 heterocycles. The molecule has 8 nitrogen and oxygen atoms in total. The molecule has 0 unspecified atom stereocenters. The number of piperazine rings is 1. The number of guanidine groups is 1. The van der Waals surface area contributed by atoms with Crippen LogP contribution in [0, 0.1) is 0 Å². The van der Waals surface area contributed by atoms with E-state index in [4.69, 9.17) is 18.9 Å². The Labute approximate surface area is 210 Å². The van der Waals surface area contributed by atoms with Gasteiger partial charge in [0.05, 0.1) is 21.3 Å². The fourth-order valence-corrected chi connectivity index (χ4v) is 3.66. The minimum Gasteiger partial charge on any atom is -0.493 e. The van der Waals surface area contributed by atoms with Gasteiger partial charge in [-0.05, 0) is 30.5 Å². The van der Waals surface area contributed by atoms with Crippen molar-refractivity contribution in [1.82, 2.24) is 15.1 Å². The largest absolute Gasteiger partial charge is 0.493 e. The topological polar surface area (TPSA) is 67.8 Å². The normalized spacial score (nSPS) is 14.7. The number of nitrogens with one attached hydrogen (secondary N) is 1. The van der Waals surface area contributed by atoms with E-state index in [-0.39, 0.29) is 24.0 Å². The summed E-state index contributed by atoms with van der Waals surface area (Å²) < 4.78 is 22.0. The quantitative estimate of drug-likeness (QED) is 0.181. The molecule has 0 amide bonds. The predicted molar refractivity (Wildman–Crippen MR) is 140 cm³/mol. The summed E-state index contributed by atoms with van der Waals surface area (Å²) in [5.41, 5.74) is 1.15. The van der Waals surface area contributed by atoms with E-state index < -0.39 is 0 Å². The first kappa shape index (κ1) is 28.6. The Balaban J connectivity index is 0.00000512. The minimum absolute atomic E-state index is 0. The third-order valence-corrected chi connectivity index (χ3v) is 5.41. The smallest absolute Gasteiger partial charge is 0.203 e. The van der Waals surface area contributed by atoms with Gasteiger partial charge in [0.25, 0.3) is 0 Å². The Kier molecular flexibility index (Phi) is 14.5. The average Bonchev–Trinajstić information content (AvgIpc) is 2.81.